The number of nitrogens with zero attached hydrogens (tertiary/aromatic N) is 5. The number of alkyl halides is 3. The van der Waals surface area contributed by atoms with E-state index in [4.69, 9.17) is 0 Å². The smallest absolute Gasteiger partial charge is 0.354 e. The van der Waals surface area contributed by atoms with Crippen molar-refractivity contribution in [3.63, 3.8) is 0 Å². The second kappa shape index (κ2) is 6.51. The lowest BCUT2D eigenvalue weighted by Gasteiger charge is -2.09. The molecule has 9 heteroatoms. The van der Waals surface area contributed by atoms with Crippen LogP contribution in [0.4, 0.5) is 19.1 Å². The van der Waals surface area contributed by atoms with Crippen LogP contribution < -0.4 is 5.32 Å². The van der Waals surface area contributed by atoms with Crippen molar-refractivity contribution in [1.29, 1.82) is 0 Å². The zero-order valence-corrected chi connectivity index (χ0v) is 12.5. The molecule has 1 aliphatic heterocycles. The Bertz CT molecular complexity index is 667. The van der Waals surface area contributed by atoms with Crippen LogP contribution in [0.2, 0.25) is 0 Å². The number of aromatic nitrogens is 5. The molecule has 0 spiro atoms. The van der Waals surface area contributed by atoms with Crippen LogP contribution in [0.25, 0.3) is 0 Å². The Kier molecular flexibility index (Phi) is 4.44. The number of hydrogen-bond acceptors (Lipinski definition) is 5. The summed E-state index contributed by atoms with van der Waals surface area (Å²) in [4.78, 5) is 7.28. The van der Waals surface area contributed by atoms with Gasteiger partial charge in [-0.3, -0.25) is 0 Å². The van der Waals surface area contributed by atoms with Gasteiger partial charge in [0.2, 0.25) is 5.95 Å². The molecule has 0 aliphatic carbocycles. The molecule has 2 aromatic heterocycles. The number of aryl methyl sites for hydroxylation is 1. The van der Waals surface area contributed by atoms with Crippen LogP contribution in [0.3, 0.4) is 0 Å². The Balaban J connectivity index is 1.61. The summed E-state index contributed by atoms with van der Waals surface area (Å²) in [6, 6.07) is 0.851. The molecule has 0 radical (unpaired) electrons. The Morgan fingerprint density at radius 1 is 1.17 bits per heavy atom. The zero-order valence-electron chi connectivity index (χ0n) is 12.5. The van der Waals surface area contributed by atoms with E-state index in [0.29, 0.717) is 13.0 Å². The van der Waals surface area contributed by atoms with Gasteiger partial charge in [-0.15, -0.1) is 10.2 Å². The summed E-state index contributed by atoms with van der Waals surface area (Å²) in [7, 11) is 0. The molecule has 1 N–H and O–H groups in total. The average Bonchev–Trinajstić information content (AvgIpc) is 2.75. The average molecular weight is 326 g/mol. The van der Waals surface area contributed by atoms with E-state index in [0.717, 1.165) is 49.7 Å². The highest BCUT2D eigenvalue weighted by atomic mass is 19.4. The maximum atomic E-state index is 12.6. The minimum Gasteiger partial charge on any atom is -0.354 e. The van der Waals surface area contributed by atoms with Crippen LogP contribution in [0.5, 0.6) is 0 Å². The number of nitrogens with one attached hydrogen (secondary N) is 1. The van der Waals surface area contributed by atoms with Crippen LogP contribution in [0.1, 0.15) is 36.6 Å². The van der Waals surface area contributed by atoms with Gasteiger partial charge in [-0.25, -0.2) is 9.97 Å². The highest BCUT2D eigenvalue weighted by Gasteiger charge is 2.32. The van der Waals surface area contributed by atoms with E-state index in [1.54, 1.807) is 0 Å². The normalized spacial score (nSPS) is 15.1. The summed E-state index contributed by atoms with van der Waals surface area (Å²) in [5.74, 6) is 1.81. The number of hydrogen-bond donors (Lipinski definition) is 1. The molecule has 0 fully saturated rings. The Morgan fingerprint density at radius 3 is 2.87 bits per heavy atom. The largest absolute Gasteiger partial charge is 0.433 e. The molecule has 0 aromatic carbocycles. The first-order chi connectivity index (χ1) is 11.0. The van der Waals surface area contributed by atoms with Crippen molar-refractivity contribution in [3.05, 3.63) is 29.6 Å². The summed E-state index contributed by atoms with van der Waals surface area (Å²) < 4.78 is 39.9. The van der Waals surface area contributed by atoms with Crippen LogP contribution >= 0.6 is 0 Å². The number of fused-ring (bicyclic) bond motifs is 1. The van der Waals surface area contributed by atoms with Gasteiger partial charge in [0.15, 0.2) is 0 Å². The third-order valence-electron chi connectivity index (χ3n) is 3.76. The van der Waals surface area contributed by atoms with Gasteiger partial charge < -0.3 is 9.88 Å². The highest BCUT2D eigenvalue weighted by molar-refractivity contribution is 5.26. The lowest BCUT2D eigenvalue weighted by molar-refractivity contribution is -0.141. The van der Waals surface area contributed by atoms with Crippen molar-refractivity contribution in [1.82, 2.24) is 24.7 Å². The summed E-state index contributed by atoms with van der Waals surface area (Å²) >= 11 is 0. The van der Waals surface area contributed by atoms with E-state index in [1.165, 1.54) is 6.42 Å². The number of halogens is 3. The molecule has 2 aromatic rings. The molecule has 0 bridgehead atoms. The number of rotatable bonds is 4. The molecular weight excluding hydrogens is 309 g/mol. The minimum absolute atomic E-state index is 0.0320. The highest BCUT2D eigenvalue weighted by Crippen LogP contribution is 2.27. The third-order valence-corrected chi connectivity index (χ3v) is 3.76. The van der Waals surface area contributed by atoms with Crippen LogP contribution in [0.15, 0.2) is 12.3 Å². The van der Waals surface area contributed by atoms with Crippen LogP contribution in [-0.4, -0.2) is 31.3 Å². The Hall–Kier alpha value is -2.19. The van der Waals surface area contributed by atoms with Crippen molar-refractivity contribution in [2.45, 2.75) is 44.8 Å². The van der Waals surface area contributed by atoms with Crippen LogP contribution in [0, 0.1) is 0 Å². The molecule has 0 saturated heterocycles. The van der Waals surface area contributed by atoms with Gasteiger partial charge in [0.25, 0.3) is 0 Å². The molecule has 124 valence electrons. The summed E-state index contributed by atoms with van der Waals surface area (Å²) in [5.41, 5.74) is -0.952. The first-order valence-electron chi connectivity index (χ1n) is 7.59. The summed E-state index contributed by atoms with van der Waals surface area (Å²) in [5, 5.41) is 11.2. The van der Waals surface area contributed by atoms with Gasteiger partial charge in [0.05, 0.1) is 0 Å². The molecule has 23 heavy (non-hydrogen) atoms. The van der Waals surface area contributed by atoms with Gasteiger partial charge in [-0.05, 0) is 18.9 Å². The van der Waals surface area contributed by atoms with E-state index in [2.05, 4.69) is 30.0 Å². The monoisotopic (exact) mass is 326 g/mol. The molecule has 6 nitrogen and oxygen atoms in total. The molecule has 3 rings (SSSR count). The lowest BCUT2D eigenvalue weighted by Crippen LogP contribution is -2.15. The fourth-order valence-corrected chi connectivity index (χ4v) is 2.62. The van der Waals surface area contributed by atoms with Crippen molar-refractivity contribution in [2.24, 2.45) is 0 Å². The predicted molar refractivity (Wildman–Crippen MR) is 76.8 cm³/mol. The van der Waals surface area contributed by atoms with Crippen molar-refractivity contribution >= 4 is 5.95 Å². The molecule has 1 aliphatic rings. The summed E-state index contributed by atoms with van der Waals surface area (Å²) in [6.45, 7) is 1.30. The van der Waals surface area contributed by atoms with Crippen molar-refractivity contribution in [2.75, 3.05) is 11.9 Å². The van der Waals surface area contributed by atoms with E-state index in [9.17, 15) is 13.2 Å². The molecular formula is C14H17F3N6. The quantitative estimate of drug-likeness (QED) is 0.935. The third kappa shape index (κ3) is 3.77. The minimum atomic E-state index is -4.47. The fraction of sp³-hybridized carbons (Fsp3) is 0.571. The molecule has 3 heterocycles. The Labute approximate surface area is 131 Å². The van der Waals surface area contributed by atoms with Crippen molar-refractivity contribution in [3.8, 4) is 0 Å². The fourth-order valence-electron chi connectivity index (χ4n) is 2.62. The maximum Gasteiger partial charge on any atom is 0.433 e. The first-order valence-corrected chi connectivity index (χ1v) is 7.59. The van der Waals surface area contributed by atoms with Crippen molar-refractivity contribution < 1.29 is 13.2 Å². The van der Waals surface area contributed by atoms with Gasteiger partial charge in [-0.2, -0.15) is 13.2 Å². The topological polar surface area (TPSA) is 68.5 Å². The summed E-state index contributed by atoms with van der Waals surface area (Å²) in [6.07, 6.45) is 1.52. The zero-order chi connectivity index (χ0) is 16.3. The Morgan fingerprint density at radius 2 is 2.04 bits per heavy atom. The van der Waals surface area contributed by atoms with E-state index < -0.39 is 11.9 Å². The number of anilines is 1. The molecule has 0 atom stereocenters. The second-order valence-corrected chi connectivity index (χ2v) is 5.43. The molecule has 0 unspecified atom stereocenters. The van der Waals surface area contributed by atoms with E-state index in [1.807, 2.05) is 0 Å². The standard InChI is InChI=1S/C14H17F3N6/c15-14(16,17)10-5-7-18-13(20-10)19-8-6-12-22-21-11-4-2-1-3-9-23(11)12/h5,7H,1-4,6,8-9H2,(H,18,19,20). The van der Waals surface area contributed by atoms with E-state index >= 15 is 0 Å². The van der Waals surface area contributed by atoms with Gasteiger partial charge in [0, 0.05) is 32.1 Å². The van der Waals surface area contributed by atoms with Gasteiger partial charge >= 0.3 is 6.18 Å². The van der Waals surface area contributed by atoms with Crippen LogP contribution in [-0.2, 0) is 25.6 Å². The predicted octanol–water partition coefficient (Wildman–Crippen LogP) is 2.47. The second-order valence-electron chi connectivity index (χ2n) is 5.43. The SMILES string of the molecule is FC(F)(F)c1ccnc(NCCc2nnc3n2CCCCC3)n1. The van der Waals surface area contributed by atoms with Gasteiger partial charge in [-0.1, -0.05) is 6.42 Å². The van der Waals surface area contributed by atoms with E-state index in [-0.39, 0.29) is 5.95 Å². The molecule has 0 amide bonds. The lowest BCUT2D eigenvalue weighted by atomic mass is 10.2. The van der Waals surface area contributed by atoms with Gasteiger partial charge in [0.1, 0.15) is 17.3 Å². The first kappa shape index (κ1) is 15.7. The maximum absolute atomic E-state index is 12.6. The molecule has 0 saturated carbocycles.